The Morgan fingerprint density at radius 1 is 1.71 bits per heavy atom. The highest BCUT2D eigenvalue weighted by atomic mass is 16.6. The van der Waals surface area contributed by atoms with E-state index < -0.39 is 4.92 Å². The van der Waals surface area contributed by atoms with Crippen molar-refractivity contribution < 1.29 is 4.92 Å². The monoisotopic (exact) mass is 236 g/mol. The Labute approximate surface area is 99.6 Å². The zero-order valence-corrected chi connectivity index (χ0v) is 9.77. The Hall–Kier alpha value is -1.69. The SMILES string of the molecule is Cc1cc(NCC2CCCN2)ncc1[N+](=O)[O-]. The topological polar surface area (TPSA) is 80.1 Å². The first-order valence-corrected chi connectivity index (χ1v) is 5.75. The van der Waals surface area contributed by atoms with Gasteiger partial charge in [-0.25, -0.2) is 4.98 Å². The number of nitrogens with zero attached hydrogens (tertiary/aromatic N) is 2. The first-order chi connectivity index (χ1) is 8.16. The summed E-state index contributed by atoms with van der Waals surface area (Å²) in [6, 6.07) is 2.19. The molecule has 1 aliphatic heterocycles. The van der Waals surface area contributed by atoms with Gasteiger partial charge in [-0.1, -0.05) is 0 Å². The van der Waals surface area contributed by atoms with E-state index in [4.69, 9.17) is 0 Å². The van der Waals surface area contributed by atoms with Crippen LogP contribution in [-0.4, -0.2) is 29.0 Å². The van der Waals surface area contributed by atoms with Crippen molar-refractivity contribution in [3.8, 4) is 0 Å². The van der Waals surface area contributed by atoms with Crippen molar-refractivity contribution in [1.29, 1.82) is 0 Å². The maximum Gasteiger partial charge on any atom is 0.290 e. The molecular weight excluding hydrogens is 220 g/mol. The second-order valence-corrected chi connectivity index (χ2v) is 4.29. The van der Waals surface area contributed by atoms with Crippen LogP contribution >= 0.6 is 0 Å². The van der Waals surface area contributed by atoms with Crippen LogP contribution in [0.3, 0.4) is 0 Å². The van der Waals surface area contributed by atoms with Crippen LogP contribution in [0.15, 0.2) is 12.3 Å². The van der Waals surface area contributed by atoms with E-state index >= 15 is 0 Å². The molecule has 1 unspecified atom stereocenters. The minimum absolute atomic E-state index is 0.0644. The predicted molar refractivity (Wildman–Crippen MR) is 65.1 cm³/mol. The van der Waals surface area contributed by atoms with Gasteiger partial charge in [-0.2, -0.15) is 0 Å². The Morgan fingerprint density at radius 3 is 3.12 bits per heavy atom. The van der Waals surface area contributed by atoms with Crippen LogP contribution in [-0.2, 0) is 0 Å². The van der Waals surface area contributed by atoms with Crippen LogP contribution in [0.5, 0.6) is 0 Å². The number of hydrogen-bond acceptors (Lipinski definition) is 5. The number of pyridine rings is 1. The molecule has 6 heteroatoms. The van der Waals surface area contributed by atoms with Gasteiger partial charge in [0.1, 0.15) is 12.0 Å². The number of rotatable bonds is 4. The number of anilines is 1. The Balaban J connectivity index is 1.97. The van der Waals surface area contributed by atoms with Crippen LogP contribution < -0.4 is 10.6 Å². The van der Waals surface area contributed by atoms with Gasteiger partial charge in [-0.3, -0.25) is 10.1 Å². The van der Waals surface area contributed by atoms with Crippen LogP contribution in [0.2, 0.25) is 0 Å². The van der Waals surface area contributed by atoms with E-state index in [-0.39, 0.29) is 5.69 Å². The molecule has 17 heavy (non-hydrogen) atoms. The van der Waals surface area contributed by atoms with Crippen molar-refractivity contribution in [2.24, 2.45) is 0 Å². The highest BCUT2D eigenvalue weighted by Crippen LogP contribution is 2.19. The number of nitrogens with one attached hydrogen (secondary N) is 2. The molecule has 2 N–H and O–H groups in total. The van der Waals surface area contributed by atoms with Gasteiger partial charge in [0.25, 0.3) is 5.69 Å². The van der Waals surface area contributed by atoms with Crippen LogP contribution in [0, 0.1) is 17.0 Å². The van der Waals surface area contributed by atoms with E-state index in [0.717, 1.165) is 13.1 Å². The molecule has 1 atom stereocenters. The molecule has 1 aliphatic rings. The van der Waals surface area contributed by atoms with Crippen molar-refractivity contribution in [3.63, 3.8) is 0 Å². The number of hydrogen-bond donors (Lipinski definition) is 2. The normalized spacial score (nSPS) is 19.2. The number of aryl methyl sites for hydroxylation is 1. The lowest BCUT2D eigenvalue weighted by atomic mass is 10.2. The minimum Gasteiger partial charge on any atom is -0.368 e. The highest BCUT2D eigenvalue weighted by Gasteiger charge is 2.15. The standard InChI is InChI=1S/C11H16N4O2/c1-8-5-11(14-7-10(8)15(16)17)13-6-9-3-2-4-12-9/h5,7,9,12H,2-4,6H2,1H3,(H,13,14). The molecule has 1 saturated heterocycles. The van der Waals surface area contributed by atoms with E-state index in [9.17, 15) is 10.1 Å². The van der Waals surface area contributed by atoms with E-state index in [1.165, 1.54) is 19.0 Å². The summed E-state index contributed by atoms with van der Waals surface area (Å²) in [4.78, 5) is 14.3. The second kappa shape index (κ2) is 5.09. The fraction of sp³-hybridized carbons (Fsp3) is 0.545. The average molecular weight is 236 g/mol. The summed E-state index contributed by atoms with van der Waals surface area (Å²) in [7, 11) is 0. The summed E-state index contributed by atoms with van der Waals surface area (Å²) in [6.45, 7) is 3.60. The molecular formula is C11H16N4O2. The van der Waals surface area contributed by atoms with Crippen LogP contribution in [0.25, 0.3) is 0 Å². The lowest BCUT2D eigenvalue weighted by Crippen LogP contribution is -2.29. The third kappa shape index (κ3) is 2.91. The van der Waals surface area contributed by atoms with E-state index in [1.54, 1.807) is 13.0 Å². The average Bonchev–Trinajstić information content (AvgIpc) is 2.78. The van der Waals surface area contributed by atoms with Gasteiger partial charge in [0, 0.05) is 18.2 Å². The van der Waals surface area contributed by atoms with Gasteiger partial charge in [0.15, 0.2) is 0 Å². The quantitative estimate of drug-likeness (QED) is 0.611. The molecule has 92 valence electrons. The third-order valence-electron chi connectivity index (χ3n) is 2.97. The fourth-order valence-electron chi connectivity index (χ4n) is 2.00. The lowest BCUT2D eigenvalue weighted by Gasteiger charge is -2.12. The van der Waals surface area contributed by atoms with Crippen molar-refractivity contribution in [1.82, 2.24) is 10.3 Å². The van der Waals surface area contributed by atoms with Gasteiger partial charge in [0.2, 0.25) is 0 Å². The van der Waals surface area contributed by atoms with Gasteiger partial charge < -0.3 is 10.6 Å². The maximum absolute atomic E-state index is 10.6. The maximum atomic E-state index is 10.6. The van der Waals surface area contributed by atoms with Crippen molar-refractivity contribution in [2.75, 3.05) is 18.4 Å². The molecule has 1 fully saturated rings. The van der Waals surface area contributed by atoms with Crippen LogP contribution in [0.1, 0.15) is 18.4 Å². The molecule has 1 aromatic rings. The molecule has 0 saturated carbocycles. The van der Waals surface area contributed by atoms with E-state index in [1.807, 2.05) is 0 Å². The molecule has 0 aromatic carbocycles. The molecule has 0 aliphatic carbocycles. The zero-order chi connectivity index (χ0) is 12.3. The molecule has 0 bridgehead atoms. The molecule has 1 aromatic heterocycles. The summed E-state index contributed by atoms with van der Waals surface area (Å²) in [6.07, 6.45) is 3.68. The summed E-state index contributed by atoms with van der Waals surface area (Å²) in [5, 5.41) is 17.2. The Morgan fingerprint density at radius 2 is 2.53 bits per heavy atom. The minimum atomic E-state index is -0.412. The molecule has 0 spiro atoms. The largest absolute Gasteiger partial charge is 0.368 e. The smallest absolute Gasteiger partial charge is 0.290 e. The third-order valence-corrected chi connectivity index (χ3v) is 2.97. The van der Waals surface area contributed by atoms with Crippen LogP contribution in [0.4, 0.5) is 11.5 Å². The molecule has 2 rings (SSSR count). The van der Waals surface area contributed by atoms with E-state index in [0.29, 0.717) is 17.4 Å². The number of nitro groups is 1. The fourth-order valence-corrected chi connectivity index (χ4v) is 2.00. The summed E-state index contributed by atoms with van der Waals surface area (Å²) in [5.41, 5.74) is 0.696. The molecule has 0 amide bonds. The van der Waals surface area contributed by atoms with Gasteiger partial charge in [-0.15, -0.1) is 0 Å². The van der Waals surface area contributed by atoms with Gasteiger partial charge >= 0.3 is 0 Å². The first-order valence-electron chi connectivity index (χ1n) is 5.75. The first kappa shape index (κ1) is 11.8. The van der Waals surface area contributed by atoms with Crippen molar-refractivity contribution in [3.05, 3.63) is 27.9 Å². The second-order valence-electron chi connectivity index (χ2n) is 4.29. The van der Waals surface area contributed by atoms with Gasteiger partial charge in [-0.05, 0) is 32.4 Å². The lowest BCUT2D eigenvalue weighted by molar-refractivity contribution is -0.385. The summed E-state index contributed by atoms with van der Waals surface area (Å²) < 4.78 is 0. The summed E-state index contributed by atoms with van der Waals surface area (Å²) >= 11 is 0. The Kier molecular flexibility index (Phi) is 3.53. The van der Waals surface area contributed by atoms with Crippen molar-refractivity contribution >= 4 is 11.5 Å². The highest BCUT2D eigenvalue weighted by molar-refractivity contribution is 5.46. The molecule has 0 radical (unpaired) electrons. The summed E-state index contributed by atoms with van der Waals surface area (Å²) in [5.74, 6) is 0.696. The van der Waals surface area contributed by atoms with Crippen molar-refractivity contribution in [2.45, 2.75) is 25.8 Å². The molecule has 2 heterocycles. The number of aromatic nitrogens is 1. The van der Waals surface area contributed by atoms with Gasteiger partial charge in [0.05, 0.1) is 4.92 Å². The zero-order valence-electron chi connectivity index (χ0n) is 9.77. The molecule has 6 nitrogen and oxygen atoms in total. The van der Waals surface area contributed by atoms with E-state index in [2.05, 4.69) is 15.6 Å². The Bertz CT molecular complexity index is 416. The predicted octanol–water partition coefficient (Wildman–Crippen LogP) is 1.46.